The molecule has 1 amide bonds. The number of nitriles is 1. The minimum Gasteiger partial charge on any atom is -0.369 e. The largest absolute Gasteiger partial charge is 0.369 e. The zero-order valence-corrected chi connectivity index (χ0v) is 9.47. The second kappa shape index (κ2) is 4.83. The summed E-state index contributed by atoms with van der Waals surface area (Å²) in [6.45, 7) is 1.37. The van der Waals surface area contributed by atoms with Crippen LogP contribution in [-0.2, 0) is 4.79 Å². The summed E-state index contributed by atoms with van der Waals surface area (Å²) in [5.41, 5.74) is 5.87. The zero-order valence-electron chi connectivity index (χ0n) is 9.47. The van der Waals surface area contributed by atoms with E-state index in [1.165, 1.54) is 0 Å². The second-order valence-electron chi connectivity index (χ2n) is 4.17. The number of amides is 1. The Morgan fingerprint density at radius 1 is 1.65 bits per heavy atom. The molecule has 1 saturated heterocycles. The van der Waals surface area contributed by atoms with Gasteiger partial charge in [-0.3, -0.25) is 4.79 Å². The summed E-state index contributed by atoms with van der Waals surface area (Å²) < 4.78 is 0. The van der Waals surface area contributed by atoms with Crippen LogP contribution in [0.15, 0.2) is 18.3 Å². The number of rotatable bonds is 2. The van der Waals surface area contributed by atoms with Crippen LogP contribution in [-0.4, -0.2) is 24.0 Å². The van der Waals surface area contributed by atoms with E-state index in [9.17, 15) is 4.79 Å². The normalized spacial score (nSPS) is 19.7. The highest BCUT2D eigenvalue weighted by Gasteiger charge is 2.25. The van der Waals surface area contributed by atoms with E-state index < -0.39 is 0 Å². The second-order valence-corrected chi connectivity index (χ2v) is 4.17. The van der Waals surface area contributed by atoms with E-state index in [1.54, 1.807) is 18.3 Å². The number of aromatic nitrogens is 1. The Hall–Kier alpha value is -2.09. The lowest BCUT2D eigenvalue weighted by Gasteiger charge is -2.32. The summed E-state index contributed by atoms with van der Waals surface area (Å²) in [6, 6.07) is 5.58. The molecule has 0 aromatic carbocycles. The van der Waals surface area contributed by atoms with Crippen molar-refractivity contribution >= 4 is 11.7 Å². The first kappa shape index (κ1) is 11.4. The number of nitrogens with two attached hydrogens (primary N) is 1. The standard InChI is InChI=1S/C12H14N4O/c13-7-9-3-1-5-15-12(9)16-6-2-4-10(8-16)11(14)17/h1,3,5,10H,2,4,6,8H2,(H2,14,17)/t10-/m1/s1. The maximum atomic E-state index is 11.2. The highest BCUT2D eigenvalue weighted by molar-refractivity contribution is 5.77. The highest BCUT2D eigenvalue weighted by atomic mass is 16.1. The van der Waals surface area contributed by atoms with Gasteiger partial charge in [0.05, 0.1) is 11.5 Å². The molecule has 0 unspecified atom stereocenters. The number of hydrogen-bond acceptors (Lipinski definition) is 4. The molecule has 0 aliphatic carbocycles. The van der Waals surface area contributed by atoms with Gasteiger partial charge < -0.3 is 10.6 Å². The van der Waals surface area contributed by atoms with E-state index in [2.05, 4.69) is 11.1 Å². The van der Waals surface area contributed by atoms with Crippen LogP contribution in [0, 0.1) is 17.2 Å². The van der Waals surface area contributed by atoms with Crippen molar-refractivity contribution in [1.29, 1.82) is 5.26 Å². The lowest BCUT2D eigenvalue weighted by molar-refractivity contribution is -0.122. The number of carbonyl (C=O) groups is 1. The number of hydrogen-bond donors (Lipinski definition) is 1. The van der Waals surface area contributed by atoms with Gasteiger partial charge in [-0.15, -0.1) is 0 Å². The van der Waals surface area contributed by atoms with Crippen molar-refractivity contribution < 1.29 is 4.79 Å². The van der Waals surface area contributed by atoms with Crippen molar-refractivity contribution in [3.05, 3.63) is 23.9 Å². The van der Waals surface area contributed by atoms with Gasteiger partial charge in [-0.2, -0.15) is 5.26 Å². The molecule has 0 spiro atoms. The fourth-order valence-corrected chi connectivity index (χ4v) is 2.14. The van der Waals surface area contributed by atoms with E-state index in [0.717, 1.165) is 19.4 Å². The first-order valence-corrected chi connectivity index (χ1v) is 5.61. The minimum absolute atomic E-state index is 0.141. The van der Waals surface area contributed by atoms with Crippen molar-refractivity contribution in [3.63, 3.8) is 0 Å². The van der Waals surface area contributed by atoms with Gasteiger partial charge in [-0.25, -0.2) is 4.98 Å². The number of anilines is 1. The molecule has 0 saturated carbocycles. The number of pyridine rings is 1. The molecule has 5 heteroatoms. The summed E-state index contributed by atoms with van der Waals surface area (Å²) >= 11 is 0. The van der Waals surface area contributed by atoms with Crippen LogP contribution < -0.4 is 10.6 Å². The molecule has 2 rings (SSSR count). The minimum atomic E-state index is -0.274. The first-order valence-electron chi connectivity index (χ1n) is 5.61. The van der Waals surface area contributed by atoms with E-state index in [-0.39, 0.29) is 11.8 Å². The summed E-state index contributed by atoms with van der Waals surface area (Å²) in [7, 11) is 0. The quantitative estimate of drug-likeness (QED) is 0.808. The molecule has 1 aromatic rings. The Balaban J connectivity index is 2.22. The molecule has 2 heterocycles. The molecule has 5 nitrogen and oxygen atoms in total. The topological polar surface area (TPSA) is 83.0 Å². The van der Waals surface area contributed by atoms with Crippen molar-refractivity contribution in [2.45, 2.75) is 12.8 Å². The molecule has 1 aliphatic heterocycles. The van der Waals surface area contributed by atoms with Gasteiger partial charge in [0.2, 0.25) is 5.91 Å². The lowest BCUT2D eigenvalue weighted by atomic mass is 9.97. The fraction of sp³-hybridized carbons (Fsp3) is 0.417. The van der Waals surface area contributed by atoms with Gasteiger partial charge in [0.15, 0.2) is 0 Å². The summed E-state index contributed by atoms with van der Waals surface area (Å²) in [5, 5.41) is 9.02. The monoisotopic (exact) mass is 230 g/mol. The van der Waals surface area contributed by atoms with E-state index in [1.807, 2.05) is 4.90 Å². The van der Waals surface area contributed by atoms with E-state index in [0.29, 0.717) is 17.9 Å². The summed E-state index contributed by atoms with van der Waals surface area (Å²) in [5.74, 6) is 0.238. The van der Waals surface area contributed by atoms with E-state index in [4.69, 9.17) is 11.0 Å². The van der Waals surface area contributed by atoms with Crippen LogP contribution in [0.25, 0.3) is 0 Å². The number of primary amides is 1. The third kappa shape index (κ3) is 2.36. The summed E-state index contributed by atoms with van der Waals surface area (Å²) in [4.78, 5) is 17.4. The molecule has 88 valence electrons. The average Bonchev–Trinajstić information content (AvgIpc) is 2.39. The molecule has 1 aliphatic rings. The van der Waals surface area contributed by atoms with Gasteiger partial charge >= 0.3 is 0 Å². The Labute approximate surface area is 99.9 Å². The molecule has 2 N–H and O–H groups in total. The first-order chi connectivity index (χ1) is 8.22. The van der Waals surface area contributed by atoms with Gasteiger partial charge in [0, 0.05) is 19.3 Å². The predicted molar refractivity (Wildman–Crippen MR) is 63.1 cm³/mol. The molecule has 1 fully saturated rings. The van der Waals surface area contributed by atoms with Gasteiger partial charge in [0.25, 0.3) is 0 Å². The molecule has 1 aromatic heterocycles. The molecule has 0 bridgehead atoms. The molecule has 17 heavy (non-hydrogen) atoms. The maximum absolute atomic E-state index is 11.2. The SMILES string of the molecule is N#Cc1cccnc1N1CCC[C@@H](C(N)=O)C1. The van der Waals surface area contributed by atoms with Crippen molar-refractivity contribution in [3.8, 4) is 6.07 Å². The smallest absolute Gasteiger partial charge is 0.222 e. The van der Waals surface area contributed by atoms with Crippen LogP contribution in [0.5, 0.6) is 0 Å². The van der Waals surface area contributed by atoms with Crippen LogP contribution in [0.2, 0.25) is 0 Å². The van der Waals surface area contributed by atoms with Crippen molar-refractivity contribution in [2.24, 2.45) is 11.7 Å². The third-order valence-corrected chi connectivity index (χ3v) is 3.03. The van der Waals surface area contributed by atoms with Crippen LogP contribution in [0.4, 0.5) is 5.82 Å². The maximum Gasteiger partial charge on any atom is 0.222 e. The number of nitrogens with zero attached hydrogens (tertiary/aromatic N) is 3. The molecular weight excluding hydrogens is 216 g/mol. The lowest BCUT2D eigenvalue weighted by Crippen LogP contribution is -2.41. The van der Waals surface area contributed by atoms with Crippen LogP contribution in [0.1, 0.15) is 18.4 Å². The van der Waals surface area contributed by atoms with Crippen LogP contribution in [0.3, 0.4) is 0 Å². The Morgan fingerprint density at radius 3 is 3.18 bits per heavy atom. The average molecular weight is 230 g/mol. The Kier molecular flexibility index (Phi) is 3.24. The Bertz CT molecular complexity index is 466. The number of carbonyl (C=O) groups excluding carboxylic acids is 1. The van der Waals surface area contributed by atoms with Gasteiger partial charge in [-0.1, -0.05) is 0 Å². The number of piperidine rings is 1. The van der Waals surface area contributed by atoms with Gasteiger partial charge in [0.1, 0.15) is 11.9 Å². The van der Waals surface area contributed by atoms with E-state index >= 15 is 0 Å². The fourth-order valence-electron chi connectivity index (χ4n) is 2.14. The Morgan fingerprint density at radius 2 is 2.47 bits per heavy atom. The van der Waals surface area contributed by atoms with Gasteiger partial charge in [-0.05, 0) is 25.0 Å². The zero-order chi connectivity index (χ0) is 12.3. The molecular formula is C12H14N4O. The predicted octanol–water partition coefficient (Wildman–Crippen LogP) is 0.655. The molecule has 1 atom stereocenters. The van der Waals surface area contributed by atoms with Crippen molar-refractivity contribution in [2.75, 3.05) is 18.0 Å². The van der Waals surface area contributed by atoms with Crippen molar-refractivity contribution in [1.82, 2.24) is 4.98 Å². The highest BCUT2D eigenvalue weighted by Crippen LogP contribution is 2.23. The van der Waals surface area contributed by atoms with Crippen LogP contribution >= 0.6 is 0 Å². The summed E-state index contributed by atoms with van der Waals surface area (Å²) in [6.07, 6.45) is 3.37. The third-order valence-electron chi connectivity index (χ3n) is 3.03. The molecule has 0 radical (unpaired) electrons.